The lowest BCUT2D eigenvalue weighted by molar-refractivity contribution is -0.142. The molecule has 1 aliphatic heterocycles. The summed E-state index contributed by atoms with van der Waals surface area (Å²) in [5.41, 5.74) is 7.94. The highest BCUT2D eigenvalue weighted by atomic mass is 16.5. The largest absolute Gasteiger partial charge is 0.358 e. The maximum Gasteiger partial charge on any atom is 0.239 e. The number of piperidine rings is 1. The van der Waals surface area contributed by atoms with Crippen LogP contribution in [0.2, 0.25) is 0 Å². The van der Waals surface area contributed by atoms with Gasteiger partial charge in [0, 0.05) is 31.4 Å². The quantitative estimate of drug-likeness (QED) is 0.460. The lowest BCUT2D eigenvalue weighted by Crippen LogP contribution is -2.54. The van der Waals surface area contributed by atoms with Crippen molar-refractivity contribution in [3.05, 3.63) is 53.6 Å². The topological polar surface area (TPSA) is 137 Å². The van der Waals surface area contributed by atoms with Crippen LogP contribution in [0, 0.1) is 16.7 Å². The molecular weight excluding hydrogens is 456 g/mol. The molecule has 0 bridgehead atoms. The van der Waals surface area contributed by atoms with Gasteiger partial charge in [-0.1, -0.05) is 31.4 Å². The van der Waals surface area contributed by atoms with Crippen LogP contribution in [-0.4, -0.2) is 58.6 Å². The van der Waals surface area contributed by atoms with Crippen LogP contribution in [0.1, 0.15) is 61.8 Å². The van der Waals surface area contributed by atoms with Crippen LogP contribution >= 0.6 is 0 Å². The number of rotatable bonds is 9. The zero-order valence-corrected chi connectivity index (χ0v) is 20.7. The van der Waals surface area contributed by atoms with E-state index >= 15 is 0 Å². The number of nitrogens with zero attached hydrogens (tertiary/aromatic N) is 3. The van der Waals surface area contributed by atoms with E-state index in [1.807, 2.05) is 12.1 Å². The number of benzene rings is 1. The van der Waals surface area contributed by atoms with Crippen molar-refractivity contribution in [3.8, 4) is 6.07 Å². The Morgan fingerprint density at radius 2 is 1.94 bits per heavy atom. The molecule has 1 aromatic carbocycles. The van der Waals surface area contributed by atoms with E-state index in [0.717, 1.165) is 24.1 Å². The van der Waals surface area contributed by atoms with Gasteiger partial charge in [0.2, 0.25) is 11.8 Å². The molecule has 2 amide bonds. The van der Waals surface area contributed by atoms with Crippen LogP contribution in [-0.2, 0) is 27.2 Å². The van der Waals surface area contributed by atoms with Gasteiger partial charge < -0.3 is 25.7 Å². The van der Waals surface area contributed by atoms with Crippen LogP contribution in [0.25, 0.3) is 0 Å². The van der Waals surface area contributed by atoms with Gasteiger partial charge in [0.25, 0.3) is 0 Å². The number of nitrogens with one attached hydrogen (secondary N) is 2. The Morgan fingerprint density at radius 3 is 2.58 bits per heavy atom. The number of likely N-dealkylation sites (tertiary alicyclic amines) is 1. The third kappa shape index (κ3) is 6.50. The molecular formula is C27H36N6O3. The molecule has 4 N–H and O–H groups in total. The molecule has 192 valence electrons. The number of ether oxygens (including phenoxy) is 1. The smallest absolute Gasteiger partial charge is 0.239 e. The predicted molar refractivity (Wildman–Crippen MR) is 134 cm³/mol. The Bertz CT molecular complexity index is 1030. The van der Waals surface area contributed by atoms with E-state index in [1.54, 1.807) is 29.6 Å². The summed E-state index contributed by atoms with van der Waals surface area (Å²) < 4.78 is 5.95. The molecule has 1 atom stereocenters. The van der Waals surface area contributed by atoms with Gasteiger partial charge in [-0.15, -0.1) is 0 Å². The van der Waals surface area contributed by atoms with Gasteiger partial charge in [-0.05, 0) is 49.8 Å². The first kappa shape index (κ1) is 25.9. The lowest BCUT2D eigenvalue weighted by atomic mass is 9.72. The number of amides is 2. The van der Waals surface area contributed by atoms with E-state index in [0.29, 0.717) is 44.3 Å². The number of carbonyl (C=O) groups excluding carboxylic acids is 2. The van der Waals surface area contributed by atoms with Crippen LogP contribution in [0.4, 0.5) is 0 Å². The Hall–Kier alpha value is -3.22. The number of nitriles is 1. The minimum Gasteiger partial charge on any atom is -0.358 e. The summed E-state index contributed by atoms with van der Waals surface area (Å²) in [4.78, 5) is 35.3. The van der Waals surface area contributed by atoms with Crippen molar-refractivity contribution in [1.29, 1.82) is 5.26 Å². The third-order valence-corrected chi connectivity index (χ3v) is 7.56. The summed E-state index contributed by atoms with van der Waals surface area (Å²) in [6.45, 7) is 1.13. The number of aromatic amines is 1. The second-order valence-electron chi connectivity index (χ2n) is 10.1. The van der Waals surface area contributed by atoms with Crippen LogP contribution < -0.4 is 11.1 Å². The zero-order valence-electron chi connectivity index (χ0n) is 20.7. The van der Waals surface area contributed by atoms with Gasteiger partial charge in [0.1, 0.15) is 6.73 Å². The van der Waals surface area contributed by atoms with E-state index in [2.05, 4.69) is 21.4 Å². The van der Waals surface area contributed by atoms with Crippen molar-refractivity contribution in [2.45, 2.75) is 69.9 Å². The molecule has 1 saturated heterocycles. The SMILES string of the molecule is N#Cc1ccc(CC2(C(=O)NCOC3CCCCC3)CCN(C(=O)[C@@H](N)Cc3cnc[nH]3)CC2)cc1. The first-order valence-electron chi connectivity index (χ1n) is 12.9. The molecule has 4 rings (SSSR count). The average Bonchev–Trinajstić information content (AvgIpc) is 3.42. The molecule has 1 aliphatic carbocycles. The maximum absolute atomic E-state index is 13.5. The summed E-state index contributed by atoms with van der Waals surface area (Å²) in [6, 6.07) is 8.85. The standard InChI is InChI=1S/C27H36N6O3/c28-16-21-8-6-20(7-9-21)15-27(26(35)32-19-36-23-4-2-1-3-5-23)10-12-33(13-11-27)25(34)24(29)14-22-17-30-18-31-22/h6-9,17-18,23-24H,1-5,10-15,19,29H2,(H,30,31)(H,32,35)/t24-/m0/s1. The second kappa shape index (κ2) is 12.2. The molecule has 1 saturated carbocycles. The highest BCUT2D eigenvalue weighted by molar-refractivity contribution is 5.85. The minimum atomic E-state index is -0.658. The highest BCUT2D eigenvalue weighted by Crippen LogP contribution is 2.36. The molecule has 0 radical (unpaired) electrons. The lowest BCUT2D eigenvalue weighted by Gasteiger charge is -2.41. The fourth-order valence-corrected chi connectivity index (χ4v) is 5.33. The van der Waals surface area contributed by atoms with Gasteiger partial charge in [-0.3, -0.25) is 9.59 Å². The van der Waals surface area contributed by atoms with Gasteiger partial charge in [-0.2, -0.15) is 5.26 Å². The summed E-state index contributed by atoms with van der Waals surface area (Å²) in [5, 5.41) is 12.1. The van der Waals surface area contributed by atoms with E-state index in [-0.39, 0.29) is 24.6 Å². The van der Waals surface area contributed by atoms with Crippen molar-refractivity contribution in [2.24, 2.45) is 11.1 Å². The number of imidazole rings is 1. The van der Waals surface area contributed by atoms with Gasteiger partial charge in [0.05, 0.1) is 35.5 Å². The fourth-order valence-electron chi connectivity index (χ4n) is 5.33. The Balaban J connectivity index is 1.40. The molecule has 0 spiro atoms. The summed E-state index contributed by atoms with van der Waals surface area (Å²) in [6.07, 6.45) is 11.1. The van der Waals surface area contributed by atoms with Crippen molar-refractivity contribution in [2.75, 3.05) is 19.8 Å². The van der Waals surface area contributed by atoms with E-state index in [9.17, 15) is 9.59 Å². The molecule has 2 aromatic rings. The molecule has 2 fully saturated rings. The van der Waals surface area contributed by atoms with Crippen LogP contribution in [0.3, 0.4) is 0 Å². The monoisotopic (exact) mass is 492 g/mol. The number of aromatic nitrogens is 2. The van der Waals surface area contributed by atoms with Gasteiger partial charge in [0.15, 0.2) is 0 Å². The first-order valence-corrected chi connectivity index (χ1v) is 12.9. The number of hydrogen-bond donors (Lipinski definition) is 3. The van der Waals surface area contributed by atoms with Crippen LogP contribution in [0.5, 0.6) is 0 Å². The Labute approximate surface area is 212 Å². The van der Waals surface area contributed by atoms with E-state index in [1.165, 1.54) is 19.3 Å². The van der Waals surface area contributed by atoms with Crippen molar-refractivity contribution in [1.82, 2.24) is 20.2 Å². The summed E-state index contributed by atoms with van der Waals surface area (Å²) in [7, 11) is 0. The molecule has 9 nitrogen and oxygen atoms in total. The zero-order chi connectivity index (χ0) is 25.4. The molecule has 2 heterocycles. The van der Waals surface area contributed by atoms with Crippen molar-refractivity contribution in [3.63, 3.8) is 0 Å². The van der Waals surface area contributed by atoms with E-state index < -0.39 is 11.5 Å². The first-order chi connectivity index (χ1) is 17.5. The number of H-pyrrole nitrogens is 1. The number of nitrogens with two attached hydrogens (primary N) is 1. The summed E-state index contributed by atoms with van der Waals surface area (Å²) >= 11 is 0. The van der Waals surface area contributed by atoms with Crippen LogP contribution in [0.15, 0.2) is 36.8 Å². The van der Waals surface area contributed by atoms with Crippen molar-refractivity contribution < 1.29 is 14.3 Å². The third-order valence-electron chi connectivity index (χ3n) is 7.56. The van der Waals surface area contributed by atoms with Gasteiger partial charge in [-0.25, -0.2) is 4.98 Å². The highest BCUT2D eigenvalue weighted by Gasteiger charge is 2.42. The second-order valence-corrected chi connectivity index (χ2v) is 10.1. The predicted octanol–water partition coefficient (Wildman–Crippen LogP) is 2.43. The minimum absolute atomic E-state index is 0.0449. The molecule has 0 unspecified atom stereocenters. The Kier molecular flexibility index (Phi) is 8.73. The summed E-state index contributed by atoms with van der Waals surface area (Å²) in [5.74, 6) is -0.158. The van der Waals surface area contributed by atoms with Gasteiger partial charge >= 0.3 is 0 Å². The van der Waals surface area contributed by atoms with Crippen molar-refractivity contribution >= 4 is 11.8 Å². The molecule has 9 heteroatoms. The normalized spacial score (nSPS) is 18.8. The fraction of sp³-hybridized carbons (Fsp3) is 0.556. The van der Waals surface area contributed by atoms with E-state index in [4.69, 9.17) is 15.7 Å². The number of hydrogen-bond acceptors (Lipinski definition) is 6. The maximum atomic E-state index is 13.5. The Morgan fingerprint density at radius 1 is 1.22 bits per heavy atom. The molecule has 36 heavy (non-hydrogen) atoms. The molecule has 2 aliphatic rings. The number of carbonyl (C=O) groups is 2. The average molecular weight is 493 g/mol. The molecule has 1 aromatic heterocycles.